The van der Waals surface area contributed by atoms with Gasteiger partial charge in [0.05, 0.1) is 5.92 Å². The van der Waals surface area contributed by atoms with E-state index in [0.717, 1.165) is 25.7 Å². The first-order chi connectivity index (χ1) is 8.99. The molecule has 0 bridgehead atoms. The topological polar surface area (TPSA) is 74.6 Å². The van der Waals surface area contributed by atoms with Crippen molar-refractivity contribution in [3.8, 4) is 0 Å². The Morgan fingerprint density at radius 1 is 0.895 bits per heavy atom. The van der Waals surface area contributed by atoms with Crippen LogP contribution in [0.15, 0.2) is 0 Å². The molecule has 0 fully saturated rings. The van der Waals surface area contributed by atoms with Crippen molar-refractivity contribution in [2.24, 2.45) is 5.92 Å². The number of carboxylic acid groups (broad SMARTS) is 2. The molecule has 1 atom stereocenters. The highest BCUT2D eigenvalue weighted by molar-refractivity contribution is 5.69. The van der Waals surface area contributed by atoms with Gasteiger partial charge in [0.2, 0.25) is 0 Å². The molecule has 0 saturated carbocycles. The first-order valence-corrected chi connectivity index (χ1v) is 7.44. The van der Waals surface area contributed by atoms with Crippen LogP contribution in [-0.4, -0.2) is 22.2 Å². The van der Waals surface area contributed by atoms with Gasteiger partial charge in [0, 0.05) is 6.42 Å². The molecule has 0 rings (SSSR count). The number of aliphatic carboxylic acids is 2. The molecular formula is C15H30O4. The van der Waals surface area contributed by atoms with Gasteiger partial charge in [-0.25, -0.2) is 0 Å². The van der Waals surface area contributed by atoms with E-state index < -0.39 is 11.9 Å². The third-order valence-electron chi connectivity index (χ3n) is 2.96. The van der Waals surface area contributed by atoms with Gasteiger partial charge in [0.25, 0.3) is 0 Å². The second-order valence-corrected chi connectivity index (χ2v) is 4.79. The lowest BCUT2D eigenvalue weighted by atomic mass is 9.98. The van der Waals surface area contributed by atoms with Crippen LogP contribution in [0.2, 0.25) is 0 Å². The molecule has 0 saturated heterocycles. The van der Waals surface area contributed by atoms with Crippen molar-refractivity contribution in [2.45, 2.75) is 78.6 Å². The van der Waals surface area contributed by atoms with Gasteiger partial charge < -0.3 is 10.2 Å². The predicted molar refractivity (Wildman–Crippen MR) is 77.3 cm³/mol. The second kappa shape index (κ2) is 15.0. The molecule has 0 aromatic rings. The highest BCUT2D eigenvalue weighted by atomic mass is 16.4. The third kappa shape index (κ3) is 16.9. The molecule has 0 aromatic carbocycles. The van der Waals surface area contributed by atoms with Crippen molar-refractivity contribution in [1.29, 1.82) is 0 Å². The maximum Gasteiger partial charge on any atom is 0.306 e. The molecule has 2 N–H and O–H groups in total. The molecule has 4 nitrogen and oxygen atoms in total. The van der Waals surface area contributed by atoms with Crippen molar-refractivity contribution in [3.05, 3.63) is 0 Å². The Morgan fingerprint density at radius 2 is 1.47 bits per heavy atom. The highest BCUT2D eigenvalue weighted by Gasteiger charge is 2.13. The first-order valence-electron chi connectivity index (χ1n) is 7.44. The summed E-state index contributed by atoms with van der Waals surface area (Å²) in [5, 5.41) is 16.7. The average Bonchev–Trinajstić information content (AvgIpc) is 2.34. The fraction of sp³-hybridized carbons (Fsp3) is 0.867. The van der Waals surface area contributed by atoms with Crippen molar-refractivity contribution in [2.75, 3.05) is 0 Å². The Hall–Kier alpha value is -1.06. The summed E-state index contributed by atoms with van der Waals surface area (Å²) in [4.78, 5) is 20.2. The minimum absolute atomic E-state index is 0.110. The molecular weight excluding hydrogens is 244 g/mol. The molecule has 0 amide bonds. The maximum atomic E-state index is 10.7. The number of carbonyl (C=O) groups is 2. The van der Waals surface area contributed by atoms with Crippen LogP contribution in [-0.2, 0) is 9.59 Å². The fourth-order valence-corrected chi connectivity index (χ4v) is 1.71. The summed E-state index contributed by atoms with van der Waals surface area (Å²) in [6, 6.07) is 0. The van der Waals surface area contributed by atoms with E-state index in [1.165, 1.54) is 25.7 Å². The summed E-state index contributed by atoms with van der Waals surface area (Å²) in [7, 11) is 0. The van der Waals surface area contributed by atoms with Crippen LogP contribution in [0.5, 0.6) is 0 Å². The Morgan fingerprint density at radius 3 is 1.79 bits per heavy atom. The van der Waals surface area contributed by atoms with Gasteiger partial charge in [-0.3, -0.25) is 9.59 Å². The lowest BCUT2D eigenvalue weighted by Gasteiger charge is -2.08. The maximum absolute atomic E-state index is 10.7. The van der Waals surface area contributed by atoms with E-state index in [1.807, 2.05) is 13.8 Å². The zero-order chi connectivity index (χ0) is 15.1. The van der Waals surface area contributed by atoms with Crippen molar-refractivity contribution >= 4 is 11.9 Å². The standard InChI is InChI=1S/C11H22O2.C4H8O2/c1-3-5-6-7-8-9-10(4-2)11(12)13;1-2-3-4(5)6/h10H,3-9H2,1-2H3,(H,12,13);2-3H2,1H3,(H,5,6). The number of hydrogen-bond acceptors (Lipinski definition) is 2. The number of carboxylic acids is 2. The molecule has 0 aliphatic carbocycles. The first kappa shape index (κ1) is 20.3. The summed E-state index contributed by atoms with van der Waals surface area (Å²) in [5.41, 5.74) is 0. The van der Waals surface area contributed by atoms with Crippen molar-refractivity contribution in [3.63, 3.8) is 0 Å². The molecule has 0 heterocycles. The number of rotatable bonds is 10. The van der Waals surface area contributed by atoms with Crippen LogP contribution in [0, 0.1) is 5.92 Å². The summed E-state index contributed by atoms with van der Waals surface area (Å²) in [6.07, 6.45) is 8.70. The molecule has 0 spiro atoms. The van der Waals surface area contributed by atoms with Crippen LogP contribution in [0.1, 0.15) is 78.6 Å². The van der Waals surface area contributed by atoms with E-state index >= 15 is 0 Å². The van der Waals surface area contributed by atoms with Crippen LogP contribution in [0.25, 0.3) is 0 Å². The molecule has 1 unspecified atom stereocenters. The zero-order valence-electron chi connectivity index (χ0n) is 12.7. The van der Waals surface area contributed by atoms with E-state index in [0.29, 0.717) is 6.42 Å². The smallest absolute Gasteiger partial charge is 0.306 e. The summed E-state index contributed by atoms with van der Waals surface area (Å²) >= 11 is 0. The Labute approximate surface area is 117 Å². The lowest BCUT2D eigenvalue weighted by molar-refractivity contribution is -0.142. The number of unbranched alkanes of at least 4 members (excludes halogenated alkanes) is 4. The van der Waals surface area contributed by atoms with Gasteiger partial charge in [-0.15, -0.1) is 0 Å². The minimum Gasteiger partial charge on any atom is -0.481 e. The fourth-order valence-electron chi connectivity index (χ4n) is 1.71. The predicted octanol–water partition coefficient (Wildman–Crippen LogP) is 4.33. The minimum atomic E-state index is -0.711. The quantitative estimate of drug-likeness (QED) is 0.581. The van der Waals surface area contributed by atoms with Gasteiger partial charge in [-0.2, -0.15) is 0 Å². The van der Waals surface area contributed by atoms with Crippen LogP contribution in [0.4, 0.5) is 0 Å². The van der Waals surface area contributed by atoms with E-state index in [4.69, 9.17) is 10.2 Å². The van der Waals surface area contributed by atoms with E-state index in [2.05, 4.69) is 6.92 Å². The van der Waals surface area contributed by atoms with Gasteiger partial charge >= 0.3 is 11.9 Å². The highest BCUT2D eigenvalue weighted by Crippen LogP contribution is 2.14. The van der Waals surface area contributed by atoms with E-state index in [9.17, 15) is 9.59 Å². The van der Waals surface area contributed by atoms with Gasteiger partial charge in [-0.05, 0) is 19.3 Å². The van der Waals surface area contributed by atoms with Crippen molar-refractivity contribution in [1.82, 2.24) is 0 Å². The molecule has 0 aromatic heterocycles. The normalized spacial score (nSPS) is 11.3. The largest absolute Gasteiger partial charge is 0.481 e. The Kier molecular flexibility index (Phi) is 16.0. The summed E-state index contributed by atoms with van der Waals surface area (Å²) < 4.78 is 0. The van der Waals surface area contributed by atoms with E-state index in [-0.39, 0.29) is 5.92 Å². The number of hydrogen-bond donors (Lipinski definition) is 2. The van der Waals surface area contributed by atoms with Gasteiger partial charge in [-0.1, -0.05) is 52.9 Å². The second-order valence-electron chi connectivity index (χ2n) is 4.79. The van der Waals surface area contributed by atoms with Crippen LogP contribution in [0.3, 0.4) is 0 Å². The Balaban J connectivity index is 0. The molecule has 0 aliphatic heterocycles. The van der Waals surface area contributed by atoms with E-state index in [1.54, 1.807) is 0 Å². The molecule has 0 radical (unpaired) electrons. The Bertz CT molecular complexity index is 226. The SMILES string of the molecule is CCCC(=O)O.CCCCCCCC(CC)C(=O)O. The van der Waals surface area contributed by atoms with Crippen molar-refractivity contribution < 1.29 is 19.8 Å². The average molecular weight is 274 g/mol. The monoisotopic (exact) mass is 274 g/mol. The zero-order valence-corrected chi connectivity index (χ0v) is 12.7. The van der Waals surface area contributed by atoms with Gasteiger partial charge in [0.1, 0.15) is 0 Å². The summed E-state index contributed by atoms with van der Waals surface area (Å²) in [5.74, 6) is -1.45. The van der Waals surface area contributed by atoms with Crippen LogP contribution < -0.4 is 0 Å². The third-order valence-corrected chi connectivity index (χ3v) is 2.96. The summed E-state index contributed by atoms with van der Waals surface area (Å²) in [6.45, 7) is 5.98. The molecule has 4 heteroatoms. The molecule has 0 aliphatic rings. The molecule has 114 valence electrons. The molecule has 19 heavy (non-hydrogen) atoms. The van der Waals surface area contributed by atoms with Gasteiger partial charge in [0.15, 0.2) is 0 Å². The van der Waals surface area contributed by atoms with Crippen LogP contribution >= 0.6 is 0 Å². The lowest BCUT2D eigenvalue weighted by Crippen LogP contribution is -2.12.